The maximum Gasteiger partial charge on any atom is 0.0346 e. The van der Waals surface area contributed by atoms with E-state index in [1.807, 2.05) is 30.9 Å². The van der Waals surface area contributed by atoms with Gasteiger partial charge < -0.3 is 0 Å². The molecule has 2 heteroatoms. The van der Waals surface area contributed by atoms with Crippen LogP contribution in [0.1, 0.15) is 50.7 Å². The van der Waals surface area contributed by atoms with Crippen LogP contribution < -0.4 is 0 Å². The van der Waals surface area contributed by atoms with Crippen molar-refractivity contribution in [3.63, 3.8) is 0 Å². The van der Waals surface area contributed by atoms with Crippen molar-refractivity contribution in [3.05, 3.63) is 84.4 Å². The molecule has 0 saturated heterocycles. The van der Waals surface area contributed by atoms with Crippen molar-refractivity contribution in [2.45, 2.75) is 39.5 Å². The van der Waals surface area contributed by atoms with E-state index < -0.39 is 0 Å². The van der Waals surface area contributed by atoms with E-state index in [9.17, 15) is 0 Å². The third-order valence-corrected chi connectivity index (χ3v) is 4.66. The van der Waals surface area contributed by atoms with Gasteiger partial charge in [-0.25, -0.2) is 0 Å². The molecule has 0 aliphatic heterocycles. The van der Waals surface area contributed by atoms with Crippen LogP contribution in [0.25, 0.3) is 21.5 Å². The van der Waals surface area contributed by atoms with Crippen LogP contribution in [0.2, 0.25) is 0 Å². The summed E-state index contributed by atoms with van der Waals surface area (Å²) in [6.45, 7) is 8.83. The average molecular weight is 342 g/mol. The van der Waals surface area contributed by atoms with Crippen LogP contribution in [0.15, 0.2) is 73.3 Å². The van der Waals surface area contributed by atoms with E-state index in [4.69, 9.17) is 0 Å². The molecule has 4 aromatic rings. The van der Waals surface area contributed by atoms with Gasteiger partial charge in [0.05, 0.1) is 0 Å². The molecule has 2 heterocycles. The molecule has 0 aliphatic rings. The second kappa shape index (κ2) is 8.09. The fraction of sp³-hybridized carbons (Fsp3) is 0.250. The molecule has 0 unspecified atom stereocenters. The fourth-order valence-corrected chi connectivity index (χ4v) is 3.25. The van der Waals surface area contributed by atoms with Crippen molar-refractivity contribution >= 4 is 21.5 Å². The zero-order valence-corrected chi connectivity index (χ0v) is 16.0. The summed E-state index contributed by atoms with van der Waals surface area (Å²) in [6.07, 6.45) is 7.66. The molecule has 0 N–H and O–H groups in total. The Hall–Kier alpha value is -2.74. The maximum atomic E-state index is 4.23. The smallest absolute Gasteiger partial charge is 0.0346 e. The molecular weight excluding hydrogens is 316 g/mol. The van der Waals surface area contributed by atoms with Crippen molar-refractivity contribution < 1.29 is 0 Å². The van der Waals surface area contributed by atoms with Gasteiger partial charge in [-0.2, -0.15) is 0 Å². The lowest BCUT2D eigenvalue weighted by Crippen LogP contribution is -1.90. The first-order chi connectivity index (χ1) is 12.6. The van der Waals surface area contributed by atoms with Crippen LogP contribution in [0.4, 0.5) is 0 Å². The predicted octanol–water partition coefficient (Wildman–Crippen LogP) is 6.72. The van der Waals surface area contributed by atoms with Gasteiger partial charge in [0.15, 0.2) is 0 Å². The van der Waals surface area contributed by atoms with E-state index in [0.717, 1.165) is 0 Å². The molecule has 2 aromatic carbocycles. The Bertz CT molecular complexity index is 909. The predicted molar refractivity (Wildman–Crippen MR) is 112 cm³/mol. The van der Waals surface area contributed by atoms with E-state index in [0.29, 0.717) is 11.8 Å². The molecule has 0 atom stereocenters. The fourth-order valence-electron chi connectivity index (χ4n) is 3.25. The number of aromatic nitrogens is 2. The molecule has 0 saturated carbocycles. The Morgan fingerprint density at radius 1 is 0.577 bits per heavy atom. The van der Waals surface area contributed by atoms with Gasteiger partial charge in [0.2, 0.25) is 0 Å². The van der Waals surface area contributed by atoms with Gasteiger partial charge in [0, 0.05) is 35.6 Å². The summed E-state index contributed by atoms with van der Waals surface area (Å²) in [7, 11) is 0. The molecule has 0 spiro atoms. The van der Waals surface area contributed by atoms with E-state index in [1.165, 1.54) is 32.7 Å². The first kappa shape index (κ1) is 18.1. The number of nitrogens with zero attached hydrogens (tertiary/aromatic N) is 2. The van der Waals surface area contributed by atoms with Crippen LogP contribution in [-0.4, -0.2) is 9.97 Å². The second-order valence-electron chi connectivity index (χ2n) is 7.20. The van der Waals surface area contributed by atoms with Crippen molar-refractivity contribution in [2.24, 2.45) is 0 Å². The Balaban J connectivity index is 0.000000151. The van der Waals surface area contributed by atoms with Gasteiger partial charge in [-0.3, -0.25) is 9.97 Å². The minimum atomic E-state index is 0.540. The highest BCUT2D eigenvalue weighted by Gasteiger charge is 2.04. The minimum absolute atomic E-state index is 0.540. The van der Waals surface area contributed by atoms with Crippen LogP contribution in [0.3, 0.4) is 0 Å². The first-order valence-corrected chi connectivity index (χ1v) is 9.23. The molecule has 0 amide bonds. The Morgan fingerprint density at radius 2 is 1.19 bits per heavy atom. The largest absolute Gasteiger partial charge is 0.264 e. The van der Waals surface area contributed by atoms with Gasteiger partial charge in [0.1, 0.15) is 0 Å². The summed E-state index contributed by atoms with van der Waals surface area (Å²) in [5.74, 6) is 1.12. The van der Waals surface area contributed by atoms with Crippen LogP contribution in [0.5, 0.6) is 0 Å². The number of benzene rings is 2. The summed E-state index contributed by atoms with van der Waals surface area (Å²) < 4.78 is 0. The summed E-state index contributed by atoms with van der Waals surface area (Å²) in [5.41, 5.74) is 2.73. The van der Waals surface area contributed by atoms with Crippen LogP contribution in [-0.2, 0) is 0 Å². The zero-order valence-electron chi connectivity index (χ0n) is 16.0. The lowest BCUT2D eigenvalue weighted by Gasteiger charge is -2.08. The Labute approximate surface area is 155 Å². The molecule has 0 bridgehead atoms. The van der Waals surface area contributed by atoms with Crippen molar-refractivity contribution in [1.29, 1.82) is 0 Å². The van der Waals surface area contributed by atoms with E-state index in [1.54, 1.807) is 0 Å². The highest BCUT2D eigenvalue weighted by atomic mass is 14.6. The highest BCUT2D eigenvalue weighted by molar-refractivity contribution is 5.85. The minimum Gasteiger partial charge on any atom is -0.264 e. The number of rotatable bonds is 2. The van der Waals surface area contributed by atoms with Gasteiger partial charge in [0.25, 0.3) is 0 Å². The molecular formula is C24H26N2. The molecule has 0 fully saturated rings. The number of pyridine rings is 2. The van der Waals surface area contributed by atoms with E-state index >= 15 is 0 Å². The zero-order chi connectivity index (χ0) is 18.5. The average Bonchev–Trinajstić information content (AvgIpc) is 2.67. The van der Waals surface area contributed by atoms with Crippen LogP contribution in [0, 0.1) is 0 Å². The molecule has 2 aromatic heterocycles. The van der Waals surface area contributed by atoms with E-state index in [2.05, 4.69) is 80.1 Å². The van der Waals surface area contributed by atoms with Crippen molar-refractivity contribution in [3.8, 4) is 0 Å². The topological polar surface area (TPSA) is 25.8 Å². The first-order valence-electron chi connectivity index (χ1n) is 9.23. The normalized spacial score (nSPS) is 11.0. The molecule has 132 valence electrons. The van der Waals surface area contributed by atoms with Crippen LogP contribution >= 0.6 is 0 Å². The quantitative estimate of drug-likeness (QED) is 0.404. The summed E-state index contributed by atoms with van der Waals surface area (Å²) >= 11 is 0. The number of fused-ring (bicyclic) bond motifs is 2. The Morgan fingerprint density at radius 3 is 1.92 bits per heavy atom. The summed E-state index contributed by atoms with van der Waals surface area (Å²) in [6, 6.07) is 16.9. The second-order valence-corrected chi connectivity index (χ2v) is 7.20. The molecule has 0 aliphatic carbocycles. The van der Waals surface area contributed by atoms with Gasteiger partial charge in [-0.05, 0) is 39.8 Å². The molecule has 26 heavy (non-hydrogen) atoms. The monoisotopic (exact) mass is 342 g/mol. The third kappa shape index (κ3) is 3.91. The maximum absolute atomic E-state index is 4.23. The lowest BCUT2D eigenvalue weighted by molar-refractivity contribution is 0.869. The van der Waals surface area contributed by atoms with Crippen molar-refractivity contribution in [2.75, 3.05) is 0 Å². The summed E-state index contributed by atoms with van der Waals surface area (Å²) in [4.78, 5) is 8.35. The number of hydrogen-bond donors (Lipinski definition) is 0. The SMILES string of the molecule is CC(C)c1cccc2cnccc12.CC(C)c1cncc2ccccc12. The van der Waals surface area contributed by atoms with Gasteiger partial charge in [-0.1, -0.05) is 70.2 Å². The molecule has 4 rings (SSSR count). The third-order valence-electron chi connectivity index (χ3n) is 4.66. The van der Waals surface area contributed by atoms with Gasteiger partial charge >= 0.3 is 0 Å². The number of hydrogen-bond acceptors (Lipinski definition) is 2. The van der Waals surface area contributed by atoms with Crippen molar-refractivity contribution in [1.82, 2.24) is 9.97 Å². The molecule has 0 radical (unpaired) electrons. The Kier molecular flexibility index (Phi) is 5.62. The van der Waals surface area contributed by atoms with E-state index in [-0.39, 0.29) is 0 Å². The standard InChI is InChI=1S/2C12H13N/c1-9(2)11-5-3-4-10-8-13-7-6-12(10)11;1-9(2)12-8-13-7-10-5-3-4-6-11(10)12/h2*3-9H,1-2H3. The highest BCUT2D eigenvalue weighted by Crippen LogP contribution is 2.24. The lowest BCUT2D eigenvalue weighted by atomic mass is 9.97. The van der Waals surface area contributed by atoms with Gasteiger partial charge in [-0.15, -0.1) is 0 Å². The summed E-state index contributed by atoms with van der Waals surface area (Å²) in [5, 5.41) is 5.11. The molecule has 2 nitrogen and oxygen atoms in total.